The minimum atomic E-state index is -5.25. The van der Waals surface area contributed by atoms with Crippen molar-refractivity contribution in [3.8, 4) is 16.9 Å². The Labute approximate surface area is 241 Å². The van der Waals surface area contributed by atoms with Crippen LogP contribution in [0.15, 0.2) is 54.7 Å². The molecular weight excluding hydrogens is 584 g/mol. The number of carboxylic acid groups (broad SMARTS) is 1. The van der Waals surface area contributed by atoms with Gasteiger partial charge in [0, 0.05) is 29.4 Å². The minimum Gasteiger partial charge on any atom is -0.530 e. The average Bonchev–Trinajstić information content (AvgIpc) is 3.47. The van der Waals surface area contributed by atoms with Crippen LogP contribution in [-0.2, 0) is 11.0 Å². The molecule has 2 amide bonds. The molecular formula is C29H24F6N3O5-. The third-order valence-corrected chi connectivity index (χ3v) is 6.72. The van der Waals surface area contributed by atoms with E-state index in [9.17, 15) is 45.8 Å². The predicted octanol–water partition coefficient (Wildman–Crippen LogP) is 6.33. The smallest absolute Gasteiger partial charge is 0.422 e. The normalized spacial score (nSPS) is 13.9. The van der Waals surface area contributed by atoms with Gasteiger partial charge >= 0.3 is 12.4 Å². The van der Waals surface area contributed by atoms with E-state index in [4.69, 9.17) is 0 Å². The Morgan fingerprint density at radius 3 is 2.23 bits per heavy atom. The topological polar surface area (TPSA) is 120 Å². The summed E-state index contributed by atoms with van der Waals surface area (Å²) in [6, 6.07) is 10.6. The molecule has 1 fully saturated rings. The van der Waals surface area contributed by atoms with Crippen molar-refractivity contribution in [1.29, 1.82) is 0 Å². The number of pyridine rings is 1. The average molecular weight is 609 g/mol. The summed E-state index contributed by atoms with van der Waals surface area (Å²) in [5.74, 6) is -2.79. The molecule has 0 unspecified atom stereocenters. The molecule has 1 aromatic heterocycles. The predicted molar refractivity (Wildman–Crippen MR) is 140 cm³/mol. The van der Waals surface area contributed by atoms with Crippen LogP contribution in [0.5, 0.6) is 5.75 Å². The van der Waals surface area contributed by atoms with Crippen molar-refractivity contribution in [2.24, 2.45) is 0 Å². The van der Waals surface area contributed by atoms with Gasteiger partial charge in [-0.1, -0.05) is 31.0 Å². The highest BCUT2D eigenvalue weighted by atomic mass is 19.4. The number of anilines is 2. The van der Waals surface area contributed by atoms with Crippen molar-refractivity contribution in [2.75, 3.05) is 17.2 Å². The van der Waals surface area contributed by atoms with Crippen LogP contribution in [0.25, 0.3) is 11.1 Å². The van der Waals surface area contributed by atoms with E-state index < -0.39 is 65.9 Å². The third kappa shape index (κ3) is 8.46. The van der Waals surface area contributed by atoms with E-state index in [2.05, 4.69) is 9.72 Å². The first-order chi connectivity index (χ1) is 20.2. The van der Waals surface area contributed by atoms with Crippen LogP contribution >= 0.6 is 0 Å². The molecule has 1 saturated carbocycles. The highest BCUT2D eigenvalue weighted by Gasteiger charge is 2.37. The van der Waals surface area contributed by atoms with Crippen molar-refractivity contribution in [2.45, 2.75) is 50.4 Å². The molecule has 43 heavy (non-hydrogen) atoms. The summed E-state index contributed by atoms with van der Waals surface area (Å²) in [6.45, 7) is -2.10. The maximum Gasteiger partial charge on any atom is 0.422 e. The highest BCUT2D eigenvalue weighted by Crippen LogP contribution is 2.42. The summed E-state index contributed by atoms with van der Waals surface area (Å²) in [6.07, 6.45) is -7.11. The van der Waals surface area contributed by atoms with Crippen LogP contribution in [0.2, 0.25) is 0 Å². The molecule has 4 rings (SSSR count). The number of aromatic nitrogens is 1. The van der Waals surface area contributed by atoms with Gasteiger partial charge < -0.3 is 25.3 Å². The van der Waals surface area contributed by atoms with Crippen LogP contribution in [-0.4, -0.2) is 35.6 Å². The van der Waals surface area contributed by atoms with E-state index in [1.165, 1.54) is 6.07 Å². The molecule has 1 aliphatic rings. The van der Waals surface area contributed by atoms with E-state index in [0.29, 0.717) is 17.5 Å². The molecule has 0 aliphatic heterocycles. The maximum atomic E-state index is 13.6. The number of carbonyl (C=O) groups excluding carboxylic acids is 3. The van der Waals surface area contributed by atoms with Gasteiger partial charge in [-0.15, -0.1) is 0 Å². The molecule has 1 aliphatic carbocycles. The highest BCUT2D eigenvalue weighted by molar-refractivity contribution is 6.12. The number of ketones is 1. The second-order valence-electron chi connectivity index (χ2n) is 9.89. The zero-order valence-corrected chi connectivity index (χ0v) is 22.3. The molecule has 228 valence electrons. The van der Waals surface area contributed by atoms with Crippen LogP contribution < -0.4 is 20.5 Å². The zero-order valence-electron chi connectivity index (χ0n) is 22.3. The lowest BCUT2D eigenvalue weighted by Crippen LogP contribution is -2.30. The number of nitrogens with one attached hydrogen (secondary N) is 2. The number of hydrogen-bond acceptors (Lipinski definition) is 6. The van der Waals surface area contributed by atoms with E-state index in [0.717, 1.165) is 36.9 Å². The van der Waals surface area contributed by atoms with Crippen LogP contribution in [0.4, 0.5) is 42.5 Å². The Morgan fingerprint density at radius 2 is 1.58 bits per heavy atom. The van der Waals surface area contributed by atoms with E-state index in [1.807, 2.05) is 11.4 Å². The fourth-order valence-corrected chi connectivity index (χ4v) is 4.78. The summed E-state index contributed by atoms with van der Waals surface area (Å²) < 4.78 is 82.8. The molecule has 2 aromatic carbocycles. The summed E-state index contributed by atoms with van der Waals surface area (Å²) >= 11 is 0. The molecule has 0 atom stereocenters. The summed E-state index contributed by atoms with van der Waals surface area (Å²) in [5, 5.41) is 14.7. The van der Waals surface area contributed by atoms with Crippen molar-refractivity contribution in [3.63, 3.8) is 0 Å². The Kier molecular flexibility index (Phi) is 9.26. The molecule has 14 heteroatoms. The number of alkyl halides is 6. The first-order valence-electron chi connectivity index (χ1n) is 13.0. The number of carbonyl (C=O) groups is 3. The van der Waals surface area contributed by atoms with Gasteiger partial charge in [0.05, 0.1) is 23.4 Å². The van der Waals surface area contributed by atoms with Gasteiger partial charge in [0.1, 0.15) is 11.8 Å². The molecule has 0 radical (unpaired) electrons. The number of hydrogen-bond donors (Lipinski definition) is 2. The zero-order chi connectivity index (χ0) is 31.4. The molecule has 0 spiro atoms. The molecule has 3 aromatic rings. The Bertz CT molecular complexity index is 1520. The van der Waals surface area contributed by atoms with Crippen molar-refractivity contribution in [3.05, 3.63) is 71.5 Å². The van der Waals surface area contributed by atoms with Gasteiger partial charge in [0.25, 0.3) is 0 Å². The lowest BCUT2D eigenvalue weighted by atomic mass is 9.97. The monoisotopic (exact) mass is 608 g/mol. The largest absolute Gasteiger partial charge is 0.530 e. The number of Topliss-reactive ketones (excluding diaryl/α,β-unsaturated/α-hetero) is 1. The second kappa shape index (κ2) is 12.7. The van der Waals surface area contributed by atoms with Crippen LogP contribution in [0.1, 0.15) is 59.6 Å². The fraction of sp³-hybridized carbons (Fsp3) is 0.310. The van der Waals surface area contributed by atoms with E-state index >= 15 is 0 Å². The van der Waals surface area contributed by atoms with Gasteiger partial charge in [-0.05, 0) is 48.2 Å². The van der Waals surface area contributed by atoms with Gasteiger partial charge in [-0.25, -0.2) is 0 Å². The Balaban J connectivity index is 1.54. The molecule has 0 bridgehead atoms. The molecule has 8 nitrogen and oxygen atoms in total. The van der Waals surface area contributed by atoms with Gasteiger partial charge in [-0.2, -0.15) is 26.3 Å². The van der Waals surface area contributed by atoms with E-state index in [1.54, 1.807) is 35.8 Å². The Morgan fingerprint density at radius 1 is 0.907 bits per heavy atom. The first-order valence-corrected chi connectivity index (χ1v) is 13.0. The molecule has 2 N–H and O–H groups in total. The minimum absolute atomic E-state index is 0.131. The lowest BCUT2D eigenvalue weighted by Gasteiger charge is -2.20. The van der Waals surface area contributed by atoms with Crippen molar-refractivity contribution < 1.29 is 50.6 Å². The Hall–Kier alpha value is -4.62. The SMILES string of the molecule is O=C([O-])Nc1cc(OCC(F)(F)F)c(C(F)(F)F)cc1NC(=O)CC(=O)c1cccc(-c2ccnc(C3CCCC3)c2)c1. The second-order valence-corrected chi connectivity index (χ2v) is 9.89. The number of halogens is 6. The standard InChI is InChI=1S/C29H25F6N3O5/c30-28(31,32)15-43-25-13-23(38-27(41)42)22(12-20(25)29(33,34)35)37-26(40)14-24(39)19-7-3-6-17(10-19)18-8-9-36-21(11-18)16-4-1-2-5-16/h3,6-13,16,38H,1-2,4-5,14-15H2,(H,37,40)(H,41,42)/p-1. The molecule has 1 heterocycles. The number of nitrogens with zero attached hydrogens (tertiary/aromatic N) is 1. The van der Waals surface area contributed by atoms with Gasteiger partial charge in [0.15, 0.2) is 12.4 Å². The fourth-order valence-electron chi connectivity index (χ4n) is 4.78. The maximum absolute atomic E-state index is 13.6. The number of rotatable bonds is 9. The summed E-state index contributed by atoms with van der Waals surface area (Å²) in [7, 11) is 0. The lowest BCUT2D eigenvalue weighted by molar-refractivity contribution is -0.242. The first kappa shape index (κ1) is 31.3. The number of amides is 2. The quantitative estimate of drug-likeness (QED) is 0.166. The van der Waals surface area contributed by atoms with E-state index in [-0.39, 0.29) is 11.6 Å². The van der Waals surface area contributed by atoms with Gasteiger partial charge in [0.2, 0.25) is 5.91 Å². The number of ether oxygens (including phenoxy) is 1. The van der Waals surface area contributed by atoms with Crippen LogP contribution in [0, 0.1) is 0 Å². The summed E-state index contributed by atoms with van der Waals surface area (Å²) in [4.78, 5) is 41.2. The van der Waals surface area contributed by atoms with Gasteiger partial charge in [-0.3, -0.25) is 14.6 Å². The van der Waals surface area contributed by atoms with Crippen molar-refractivity contribution in [1.82, 2.24) is 4.98 Å². The van der Waals surface area contributed by atoms with Crippen molar-refractivity contribution >= 4 is 29.2 Å². The molecule has 0 saturated heterocycles. The third-order valence-electron chi connectivity index (χ3n) is 6.72. The van der Waals surface area contributed by atoms with Crippen LogP contribution in [0.3, 0.4) is 0 Å². The number of benzene rings is 2. The summed E-state index contributed by atoms with van der Waals surface area (Å²) in [5.41, 5.74) is -0.696.